The molecule has 2 atom stereocenters. The zero-order valence-electron chi connectivity index (χ0n) is 19.8. The van der Waals surface area contributed by atoms with E-state index in [1.165, 1.54) is 0 Å². The minimum Gasteiger partial charge on any atom is -0.381 e. The minimum absolute atomic E-state index is 0.0217. The van der Waals surface area contributed by atoms with Gasteiger partial charge in [-0.1, -0.05) is 6.07 Å². The first-order chi connectivity index (χ1) is 16.0. The lowest BCUT2D eigenvalue weighted by molar-refractivity contribution is -0.124. The molecule has 2 fully saturated rings. The van der Waals surface area contributed by atoms with Crippen molar-refractivity contribution in [3.63, 3.8) is 0 Å². The fraction of sp³-hybridized carbons (Fsp3) is 0.538. The summed E-state index contributed by atoms with van der Waals surface area (Å²) in [5.74, 6) is 1.04. The summed E-state index contributed by atoms with van der Waals surface area (Å²) < 4.78 is 11.4. The topological polar surface area (TPSA) is 66.9 Å². The van der Waals surface area contributed by atoms with Gasteiger partial charge in [0.2, 0.25) is 5.91 Å². The van der Waals surface area contributed by atoms with Gasteiger partial charge >= 0.3 is 0 Å². The van der Waals surface area contributed by atoms with Crippen LogP contribution in [-0.4, -0.2) is 49.4 Å². The third kappa shape index (κ3) is 4.44. The first kappa shape index (κ1) is 22.2. The van der Waals surface area contributed by atoms with Crippen LogP contribution in [0.4, 0.5) is 22.9 Å². The number of fused-ring (bicyclic) bond motifs is 2. The summed E-state index contributed by atoms with van der Waals surface area (Å²) in [5.41, 5.74) is 4.00. The van der Waals surface area contributed by atoms with E-state index in [0.717, 1.165) is 60.7 Å². The van der Waals surface area contributed by atoms with E-state index in [4.69, 9.17) is 9.47 Å². The number of aromatic nitrogens is 1. The van der Waals surface area contributed by atoms with Crippen LogP contribution in [0.5, 0.6) is 0 Å². The van der Waals surface area contributed by atoms with E-state index in [0.29, 0.717) is 13.2 Å². The van der Waals surface area contributed by atoms with E-state index in [9.17, 15) is 4.79 Å². The molecular formula is C26H34N4O3. The van der Waals surface area contributed by atoms with Gasteiger partial charge in [-0.3, -0.25) is 4.79 Å². The Labute approximate surface area is 196 Å². The smallest absolute Gasteiger partial charge is 0.230 e. The Bertz CT molecular complexity index is 1000. The molecule has 1 saturated carbocycles. The van der Waals surface area contributed by atoms with Crippen LogP contribution in [0.25, 0.3) is 0 Å². The highest BCUT2D eigenvalue weighted by atomic mass is 16.5. The Hall–Kier alpha value is -2.64. The molecule has 0 bridgehead atoms. The van der Waals surface area contributed by atoms with E-state index >= 15 is 0 Å². The number of hydrogen-bond acceptors (Lipinski definition) is 6. The molecule has 3 aliphatic rings. The Morgan fingerprint density at radius 3 is 2.79 bits per heavy atom. The van der Waals surface area contributed by atoms with Crippen molar-refractivity contribution in [3.8, 4) is 0 Å². The van der Waals surface area contributed by atoms with Crippen LogP contribution in [0.2, 0.25) is 0 Å². The number of anilines is 4. The molecule has 3 heterocycles. The van der Waals surface area contributed by atoms with Crippen LogP contribution < -0.4 is 15.1 Å². The molecule has 1 aromatic heterocycles. The molecule has 0 unspecified atom stereocenters. The summed E-state index contributed by atoms with van der Waals surface area (Å²) in [6.45, 7) is 6.36. The summed E-state index contributed by atoms with van der Waals surface area (Å²) in [6.07, 6.45) is 5.86. The van der Waals surface area contributed by atoms with Crippen LogP contribution in [0.3, 0.4) is 0 Å². The highest BCUT2D eigenvalue weighted by Gasteiger charge is 2.33. The summed E-state index contributed by atoms with van der Waals surface area (Å²) in [6, 6.07) is 10.7. The lowest BCUT2D eigenvalue weighted by Crippen LogP contribution is -2.47. The molecule has 33 heavy (non-hydrogen) atoms. The maximum atomic E-state index is 13.9. The number of nitrogens with zero attached hydrogens (tertiary/aromatic N) is 3. The number of carbonyl (C=O) groups excluding carboxylic acids is 1. The molecule has 0 spiro atoms. The highest BCUT2D eigenvalue weighted by Crippen LogP contribution is 2.40. The van der Waals surface area contributed by atoms with Crippen LogP contribution >= 0.6 is 0 Å². The van der Waals surface area contributed by atoms with Gasteiger partial charge < -0.3 is 24.6 Å². The molecule has 1 N–H and O–H groups in total. The average molecular weight is 451 g/mol. The van der Waals surface area contributed by atoms with Gasteiger partial charge in [0.05, 0.1) is 36.7 Å². The number of nitrogens with one attached hydrogen (secondary N) is 1. The number of methoxy groups -OCH3 is 1. The van der Waals surface area contributed by atoms with Gasteiger partial charge in [-0.25, -0.2) is 4.98 Å². The van der Waals surface area contributed by atoms with Gasteiger partial charge in [-0.15, -0.1) is 0 Å². The molecule has 1 aromatic carbocycles. The number of morpholine rings is 1. The van der Waals surface area contributed by atoms with Crippen molar-refractivity contribution >= 4 is 28.8 Å². The maximum absolute atomic E-state index is 13.9. The van der Waals surface area contributed by atoms with Crippen molar-refractivity contribution in [2.75, 3.05) is 35.4 Å². The van der Waals surface area contributed by atoms with Gasteiger partial charge in [0.15, 0.2) is 0 Å². The number of carbonyl (C=O) groups is 1. The number of benzene rings is 1. The van der Waals surface area contributed by atoms with Crippen LogP contribution in [-0.2, 0) is 20.8 Å². The fourth-order valence-electron chi connectivity index (χ4n) is 5.32. The zero-order chi connectivity index (χ0) is 22.9. The molecule has 7 heteroatoms. The van der Waals surface area contributed by atoms with E-state index in [-0.39, 0.29) is 30.1 Å². The summed E-state index contributed by atoms with van der Waals surface area (Å²) in [4.78, 5) is 22.8. The summed E-state index contributed by atoms with van der Waals surface area (Å²) >= 11 is 0. The number of rotatable bonds is 3. The predicted octanol–water partition coefficient (Wildman–Crippen LogP) is 4.49. The van der Waals surface area contributed by atoms with Gasteiger partial charge in [-0.05, 0) is 63.8 Å². The number of ether oxygens (including phenoxy) is 2. The second-order valence-corrected chi connectivity index (χ2v) is 9.62. The number of hydrogen-bond donors (Lipinski definition) is 1. The predicted molar refractivity (Wildman–Crippen MR) is 130 cm³/mol. The number of pyridine rings is 1. The fourth-order valence-corrected chi connectivity index (χ4v) is 5.32. The molecule has 2 aliphatic heterocycles. The standard InChI is InChI=1S/C26H34N4O3/c1-17-16-33-18(2)14-29(17)21-8-11-23-24(13-21)30(15-20-5-4-12-27-25(20)28-23)26(31)19-6-9-22(32-3)10-7-19/h4-5,8,11-13,17-19,22H,6-7,9-10,14-16H2,1-3H3,(H,27,28)/t17-,18-,19-,22-/m1/s1. The second-order valence-electron chi connectivity index (χ2n) is 9.62. The first-order valence-electron chi connectivity index (χ1n) is 12.1. The van der Waals surface area contributed by atoms with E-state index in [1.807, 2.05) is 11.0 Å². The van der Waals surface area contributed by atoms with E-state index in [2.05, 4.69) is 53.3 Å². The molecule has 0 radical (unpaired) electrons. The third-order valence-electron chi connectivity index (χ3n) is 7.31. The van der Waals surface area contributed by atoms with Crippen molar-refractivity contribution in [1.82, 2.24) is 4.98 Å². The second kappa shape index (κ2) is 9.31. The Morgan fingerprint density at radius 2 is 2.00 bits per heavy atom. The quantitative estimate of drug-likeness (QED) is 0.743. The maximum Gasteiger partial charge on any atom is 0.230 e. The van der Waals surface area contributed by atoms with Crippen molar-refractivity contribution < 1.29 is 14.3 Å². The normalized spacial score (nSPS) is 27.2. The molecule has 1 amide bonds. The first-order valence-corrected chi connectivity index (χ1v) is 12.1. The molecule has 1 saturated heterocycles. The molecule has 7 nitrogen and oxygen atoms in total. The third-order valence-corrected chi connectivity index (χ3v) is 7.31. The minimum atomic E-state index is 0.0217. The highest BCUT2D eigenvalue weighted by molar-refractivity contribution is 6.00. The van der Waals surface area contributed by atoms with Crippen LogP contribution in [0.1, 0.15) is 45.1 Å². The lowest BCUT2D eigenvalue weighted by atomic mass is 9.86. The van der Waals surface area contributed by atoms with Gasteiger partial charge in [0.1, 0.15) is 5.82 Å². The molecule has 2 aromatic rings. The van der Waals surface area contributed by atoms with Crippen molar-refractivity contribution in [3.05, 3.63) is 42.1 Å². The summed E-state index contributed by atoms with van der Waals surface area (Å²) in [7, 11) is 1.77. The largest absolute Gasteiger partial charge is 0.381 e. The average Bonchev–Trinajstić information content (AvgIpc) is 3.01. The van der Waals surface area contributed by atoms with Gasteiger partial charge in [0.25, 0.3) is 0 Å². The van der Waals surface area contributed by atoms with Crippen LogP contribution in [0, 0.1) is 5.92 Å². The molecular weight excluding hydrogens is 416 g/mol. The Morgan fingerprint density at radius 1 is 1.18 bits per heavy atom. The molecule has 5 rings (SSSR count). The molecule has 176 valence electrons. The van der Waals surface area contributed by atoms with E-state index < -0.39 is 0 Å². The number of amides is 1. The molecule has 1 aliphatic carbocycles. The lowest BCUT2D eigenvalue weighted by Gasteiger charge is -2.39. The zero-order valence-corrected chi connectivity index (χ0v) is 19.8. The van der Waals surface area contributed by atoms with E-state index in [1.54, 1.807) is 13.3 Å². The van der Waals surface area contributed by atoms with Crippen molar-refractivity contribution in [2.45, 2.75) is 64.3 Å². The SMILES string of the molecule is CO[C@H]1CC[C@H](C(=O)N2Cc3cccnc3Nc3ccc(N4C[C@@H](C)OC[C@H]4C)cc32)CC1. The van der Waals surface area contributed by atoms with Crippen molar-refractivity contribution in [2.24, 2.45) is 5.92 Å². The monoisotopic (exact) mass is 450 g/mol. The Balaban J connectivity index is 1.50. The van der Waals surface area contributed by atoms with Crippen LogP contribution in [0.15, 0.2) is 36.5 Å². The van der Waals surface area contributed by atoms with Crippen molar-refractivity contribution in [1.29, 1.82) is 0 Å². The summed E-state index contributed by atoms with van der Waals surface area (Å²) in [5, 5.41) is 3.49. The Kier molecular flexibility index (Phi) is 6.25. The van der Waals surface area contributed by atoms with Gasteiger partial charge in [0, 0.05) is 43.1 Å². The van der Waals surface area contributed by atoms with Gasteiger partial charge in [-0.2, -0.15) is 0 Å².